The first kappa shape index (κ1) is 21.6. The zero-order chi connectivity index (χ0) is 15.6. The maximum atomic E-state index is 9.62. The molecule has 0 fully saturated rings. The summed E-state index contributed by atoms with van der Waals surface area (Å²) in [4.78, 5) is 19.0. The van der Waals surface area contributed by atoms with Crippen LogP contribution in [0.4, 0.5) is 35.9 Å². The van der Waals surface area contributed by atoms with Crippen LogP contribution in [0.2, 0.25) is 0 Å². The van der Waals surface area contributed by atoms with E-state index >= 15 is 0 Å². The summed E-state index contributed by atoms with van der Waals surface area (Å²) in [6.07, 6.45) is -0.940. The Morgan fingerprint density at radius 3 is 0.833 bits per heavy atom. The van der Waals surface area contributed by atoms with Gasteiger partial charge in [-0.15, -0.1) is 0 Å². The van der Waals surface area contributed by atoms with Crippen molar-refractivity contribution in [3.05, 3.63) is 0 Å². The van der Waals surface area contributed by atoms with Crippen LogP contribution >= 0.6 is 0 Å². The molecule has 0 saturated carbocycles. The summed E-state index contributed by atoms with van der Waals surface area (Å²) in [5, 5.41) is 9.00. The lowest BCUT2D eigenvalue weighted by Gasteiger charge is -2.00. The van der Waals surface area contributed by atoms with Gasteiger partial charge < -0.3 is 19.8 Å². The third kappa shape index (κ3) is 232. The minimum atomic E-state index is -5.00. The maximum absolute atomic E-state index is 9.62. The molecule has 0 unspecified atom stereocenters. The molecule has 0 aromatic carbocycles. The fourth-order valence-electron chi connectivity index (χ4n) is 0.204. The smallest absolute Gasteiger partial charge is 0.440 e. The number of rotatable bonds is 3. The van der Waals surface area contributed by atoms with Crippen molar-refractivity contribution in [2.75, 3.05) is 0 Å². The second-order valence-electron chi connectivity index (χ2n) is 2.01. The molecule has 0 saturated heterocycles. The van der Waals surface area contributed by atoms with Gasteiger partial charge in [-0.2, -0.15) is 0 Å². The zero-order valence-electron chi connectivity index (χ0n) is 7.97. The molecule has 0 bridgehead atoms. The van der Waals surface area contributed by atoms with E-state index in [0.717, 1.165) is 0 Å². The lowest BCUT2D eigenvalue weighted by atomic mass is 10.3. The first-order valence-corrected chi connectivity index (χ1v) is 3.38. The molecule has 0 aliphatic rings. The van der Waals surface area contributed by atoms with Crippen molar-refractivity contribution in [2.45, 2.75) is 12.8 Å². The van der Waals surface area contributed by atoms with Crippen molar-refractivity contribution < 1.29 is 66.4 Å². The lowest BCUT2D eigenvalue weighted by molar-refractivity contribution is -1.36. The molecule has 0 amide bonds. The summed E-state index contributed by atoms with van der Waals surface area (Å²) < 4.78 is 77.0. The molecule has 0 radical (unpaired) electrons. The molecule has 14 heteroatoms. The minimum Gasteiger partial charge on any atom is -0.550 e. The Hall–Kier alpha value is -1.70. The van der Waals surface area contributed by atoms with E-state index in [1.165, 1.54) is 0 Å². The van der Waals surface area contributed by atoms with Crippen LogP contribution in [0.25, 0.3) is 0 Å². The van der Waals surface area contributed by atoms with Gasteiger partial charge in [-0.05, 0) is 12.8 Å². The third-order valence-corrected chi connectivity index (χ3v) is 0.533. The van der Waals surface area contributed by atoms with E-state index in [1.54, 1.807) is 0 Å². The van der Waals surface area contributed by atoms with Gasteiger partial charge in [-0.3, -0.25) is 0 Å². The molecule has 0 N–H and O–H groups in total. The molecule has 0 heterocycles. The topological polar surface area (TPSA) is 80.3 Å². The van der Waals surface area contributed by atoms with Crippen LogP contribution in [0.15, 0.2) is 0 Å². The molecule has 110 valence electrons. The summed E-state index contributed by atoms with van der Waals surface area (Å²) in [6.45, 7) is 0. The number of aliphatic carboxylic acids is 2. The Morgan fingerprint density at radius 2 is 0.778 bits per heavy atom. The van der Waals surface area contributed by atoms with Crippen molar-refractivity contribution in [3.63, 3.8) is 0 Å². The van der Waals surface area contributed by atoms with E-state index in [0.29, 0.717) is 0 Å². The molecule has 0 aromatic rings. The highest BCUT2D eigenvalue weighted by Crippen LogP contribution is 2.08. The number of carbonyl (C=O) groups excluding carboxylic acids is 2. The molecule has 0 aliphatic heterocycles. The fraction of sp³-hybridized carbons (Fsp3) is 0.500. The Kier molecular flexibility index (Phi) is 11.2. The van der Waals surface area contributed by atoms with Gasteiger partial charge in [0.15, 0.2) is 0 Å². The molecule has 0 spiro atoms. The van der Waals surface area contributed by atoms with Crippen LogP contribution in [-0.4, -0.2) is 22.7 Å². The zero-order valence-corrected chi connectivity index (χ0v) is 7.97. The first-order chi connectivity index (χ1) is 7.63. The summed E-state index contributed by atoms with van der Waals surface area (Å²) in [5.41, 5.74) is 0. The predicted molar refractivity (Wildman–Crippen MR) is 28.6 cm³/mol. The average molecular weight is 296 g/mol. The number of carboxylic acids is 2. The molecule has 0 atom stereocenters. The number of nitrogens with zero attached hydrogens (tertiary/aromatic N) is 2. The second-order valence-corrected chi connectivity index (χ2v) is 2.01. The van der Waals surface area contributed by atoms with E-state index < -0.39 is 35.5 Å². The van der Waals surface area contributed by atoms with Crippen LogP contribution in [-0.2, 0) is 9.59 Å². The van der Waals surface area contributed by atoms with E-state index in [4.69, 9.17) is 0 Å². The van der Waals surface area contributed by atoms with Crippen molar-refractivity contribution >= 4 is 11.9 Å². The fourth-order valence-corrected chi connectivity index (χ4v) is 0.204. The summed E-state index contributed by atoms with van der Waals surface area (Å²) >= 11 is 0. The van der Waals surface area contributed by atoms with Crippen LogP contribution in [0.1, 0.15) is 12.8 Å². The molecule has 0 aliphatic carbocycles. The van der Waals surface area contributed by atoms with E-state index in [9.17, 15) is 55.7 Å². The molecule has 18 heavy (non-hydrogen) atoms. The highest BCUT2D eigenvalue weighted by molar-refractivity contribution is 5.72. The standard InChI is InChI=1S/C4H6O4.2F4N/c5-3(6)1-2-4(7)8;2*1-5(2,3)4/h1-2H2,(H,5,6)(H,7,8);;/q;2*+1/p-2. The van der Waals surface area contributed by atoms with Crippen LogP contribution in [0, 0.1) is 0 Å². The highest BCUT2D eigenvalue weighted by atomic mass is 19.7. The number of carboxylic acid groups (broad SMARTS) is 2. The quantitative estimate of drug-likeness (QED) is 0.540. The van der Waals surface area contributed by atoms with Crippen molar-refractivity contribution in [1.82, 2.24) is 0 Å². The Balaban J connectivity index is -0.000000197. The molecule has 0 rings (SSSR count). The first-order valence-electron chi connectivity index (χ1n) is 3.38. The molecular formula is C4H4F8N2O4. The van der Waals surface area contributed by atoms with E-state index in [-0.39, 0.29) is 0 Å². The normalized spacial score (nSPS) is 10.4. The SMILES string of the molecule is F[N+](F)(F)F.F[N+](F)(F)F.O=C([O-])CCC(=O)[O-]. The largest absolute Gasteiger partial charge is 0.550 e. The predicted octanol–water partition coefficient (Wildman–Crippen LogP) is -0.0512. The van der Waals surface area contributed by atoms with Gasteiger partial charge in [-0.1, -0.05) is 0 Å². The Bertz CT molecular complexity index is 212. The van der Waals surface area contributed by atoms with Gasteiger partial charge in [-0.25, -0.2) is 0 Å². The van der Waals surface area contributed by atoms with Crippen molar-refractivity contribution in [1.29, 1.82) is 0 Å². The third-order valence-electron chi connectivity index (χ3n) is 0.533. The monoisotopic (exact) mass is 296 g/mol. The number of carbonyl (C=O) groups is 2. The minimum absolute atomic E-state index is 0.470. The van der Waals surface area contributed by atoms with Crippen LogP contribution in [0.3, 0.4) is 0 Å². The van der Waals surface area contributed by atoms with E-state index in [1.807, 2.05) is 0 Å². The molecule has 6 nitrogen and oxygen atoms in total. The number of hydrogen-bond donors (Lipinski definition) is 0. The van der Waals surface area contributed by atoms with Gasteiger partial charge >= 0.3 is 10.7 Å². The Labute approximate surface area is 92.5 Å². The highest BCUT2D eigenvalue weighted by Gasteiger charge is 2.30. The van der Waals surface area contributed by atoms with Crippen molar-refractivity contribution in [2.24, 2.45) is 0 Å². The second kappa shape index (κ2) is 9.34. The molecular weight excluding hydrogens is 292 g/mol. The van der Waals surface area contributed by atoms with Crippen molar-refractivity contribution in [3.8, 4) is 0 Å². The lowest BCUT2D eigenvalue weighted by Crippen LogP contribution is -2.27. The number of quaternary nitrogens is 2. The van der Waals surface area contributed by atoms with Gasteiger partial charge in [0.1, 0.15) is 35.9 Å². The summed E-state index contributed by atoms with van der Waals surface area (Å²) in [7, 11) is 0. The van der Waals surface area contributed by atoms with Gasteiger partial charge in [0.2, 0.25) is 0 Å². The van der Waals surface area contributed by atoms with E-state index in [2.05, 4.69) is 0 Å². The van der Waals surface area contributed by atoms with Gasteiger partial charge in [0.05, 0.1) is 0 Å². The van der Waals surface area contributed by atoms with Gasteiger partial charge in [0, 0.05) is 11.9 Å². The number of halogens is 8. The summed E-state index contributed by atoms with van der Waals surface area (Å²) in [5.74, 6) is -2.73. The van der Waals surface area contributed by atoms with Crippen LogP contribution in [0.5, 0.6) is 0 Å². The maximum Gasteiger partial charge on any atom is 0.440 e. The summed E-state index contributed by atoms with van der Waals surface area (Å²) in [6, 6.07) is 0. The van der Waals surface area contributed by atoms with Gasteiger partial charge in [0.25, 0.3) is 0 Å². The van der Waals surface area contributed by atoms with Crippen LogP contribution < -0.4 is 10.2 Å². The molecule has 0 aromatic heterocycles. The number of hydrogen-bond acceptors (Lipinski definition) is 4. The Morgan fingerprint density at radius 1 is 0.667 bits per heavy atom. The average Bonchev–Trinajstić information content (AvgIpc) is 1.93.